The number of carboxylic acid groups (broad SMARTS) is 1. The predicted molar refractivity (Wildman–Crippen MR) is 189 cm³/mol. The minimum Gasteiger partial charge on any atom is -0.304 e. The van der Waals surface area contributed by atoms with E-state index in [0.29, 0.717) is 30.9 Å². The van der Waals surface area contributed by atoms with E-state index >= 15 is 0 Å². The first-order chi connectivity index (χ1) is 27.8. The molecule has 2 aromatic carbocycles. The number of carbonyl (C=O) groups is 1. The Bertz CT molecular complexity index is 2320. The first-order valence-corrected chi connectivity index (χ1v) is 18.4. The molecule has 0 fully saturated rings. The second-order valence-electron chi connectivity index (χ2n) is 12.1. The molecule has 0 aliphatic heterocycles. The zero-order valence-electron chi connectivity index (χ0n) is 30.6. The Morgan fingerprint density at radius 3 is 1.35 bits per heavy atom. The van der Waals surface area contributed by atoms with Crippen molar-refractivity contribution in [2.75, 3.05) is 0 Å². The fourth-order valence-electron chi connectivity index (χ4n) is 4.40. The van der Waals surface area contributed by atoms with Crippen molar-refractivity contribution in [3.8, 4) is 33.9 Å². The predicted octanol–water partition coefficient (Wildman–Crippen LogP) is 13.5. The van der Waals surface area contributed by atoms with Gasteiger partial charge in [-0.3, -0.25) is 32.3 Å². The van der Waals surface area contributed by atoms with E-state index in [0.717, 1.165) is 58.9 Å². The van der Waals surface area contributed by atoms with Crippen molar-refractivity contribution in [1.82, 2.24) is 19.9 Å². The van der Waals surface area contributed by atoms with Crippen molar-refractivity contribution < 1.29 is 99.1 Å². The Balaban J connectivity index is 0.000000295. The Labute approximate surface area is 353 Å². The van der Waals surface area contributed by atoms with Crippen molar-refractivity contribution >= 4 is 13.8 Å². The molecule has 4 aromatic heterocycles. The Morgan fingerprint density at radius 2 is 1.02 bits per heavy atom. The Hall–Kier alpha value is -5.53. The van der Waals surface area contributed by atoms with Gasteiger partial charge in [0.15, 0.2) is 0 Å². The van der Waals surface area contributed by atoms with Gasteiger partial charge in [-0.15, -0.1) is 24.3 Å². The van der Waals surface area contributed by atoms with Crippen LogP contribution in [0.3, 0.4) is 0 Å². The molecule has 0 saturated carbocycles. The maximum absolute atomic E-state index is 13.3. The number of halogens is 16. The van der Waals surface area contributed by atoms with Gasteiger partial charge in [0.25, 0.3) is 0 Å². The first-order valence-electron chi connectivity index (χ1n) is 16.3. The second-order valence-corrected chi connectivity index (χ2v) is 14.0. The number of hydrogen-bond donors (Lipinski definition) is 1. The molecule has 0 radical (unpaired) electrons. The number of carboxylic acids is 1. The van der Waals surface area contributed by atoms with E-state index in [1.54, 1.807) is 12.4 Å². The number of alkyl halides is 6. The number of nitrogens with zero attached hydrogens (tertiary/aromatic N) is 4. The monoisotopic (exact) mass is 1100 g/mol. The van der Waals surface area contributed by atoms with Crippen LogP contribution >= 0.6 is 7.81 Å². The number of rotatable bonds is 6. The van der Waals surface area contributed by atoms with Gasteiger partial charge >= 0.3 is 71.4 Å². The van der Waals surface area contributed by atoms with Crippen LogP contribution in [0, 0.1) is 42.3 Å². The quantitative estimate of drug-likeness (QED) is 0.102. The van der Waals surface area contributed by atoms with Crippen molar-refractivity contribution in [3.05, 3.63) is 155 Å². The van der Waals surface area contributed by atoms with Gasteiger partial charge in [-0.1, -0.05) is 47.5 Å². The molecule has 0 spiro atoms. The van der Waals surface area contributed by atoms with E-state index in [9.17, 15) is 73.9 Å². The molecule has 1 N–H and O–H groups in total. The van der Waals surface area contributed by atoms with Gasteiger partial charge in [-0.05, 0) is 60.1 Å². The number of aromatic nitrogens is 4. The van der Waals surface area contributed by atoms with Crippen LogP contribution in [0.4, 0.5) is 69.1 Å². The summed E-state index contributed by atoms with van der Waals surface area (Å²) in [6.07, 6.45) is -3.75. The average Bonchev–Trinajstić information content (AvgIpc) is 3.13. The number of pyridine rings is 4. The summed E-state index contributed by atoms with van der Waals surface area (Å²) in [5, 5.41) is 8.67. The van der Waals surface area contributed by atoms with Gasteiger partial charge in [-0.2, -0.15) is 26.3 Å². The minimum atomic E-state index is -10.7. The maximum Gasteiger partial charge on any atom is 3.00 e. The molecule has 6 nitrogen and oxygen atoms in total. The fourth-order valence-corrected chi connectivity index (χ4v) is 4.40. The van der Waals surface area contributed by atoms with Crippen molar-refractivity contribution in [3.63, 3.8) is 0 Å². The van der Waals surface area contributed by atoms with E-state index in [1.165, 1.54) is 0 Å². The molecule has 62 heavy (non-hydrogen) atoms. The van der Waals surface area contributed by atoms with Crippen LogP contribution in [0.2, 0.25) is 0 Å². The molecular formula is C38H24F16IrN4O2P. The molecule has 334 valence electrons. The SMILES string of the molecule is Cc1ccnc(-c2cc(CCC(=O)O)ccn2)c1.F[P-](F)(F)(F)(F)F.Fc1c[c-]c(-c2ccc(C(F)(F)F)cn2)c(F)c1.Fc1c[c-]c(-c2ccc(C(F)(F)F)cn2)c(F)c1.[Ir+3]. The van der Waals surface area contributed by atoms with E-state index in [-0.39, 0.29) is 49.0 Å². The fraction of sp³-hybridized carbons (Fsp3) is 0.132. The normalized spacial score (nSPS) is 12.3. The summed E-state index contributed by atoms with van der Waals surface area (Å²) in [7, 11) is -10.7. The smallest absolute Gasteiger partial charge is 0.304 e. The van der Waals surface area contributed by atoms with E-state index < -0.39 is 60.5 Å². The summed E-state index contributed by atoms with van der Waals surface area (Å²) in [5.74, 6) is -4.28. The molecular weight excluding hydrogens is 1070 g/mol. The van der Waals surface area contributed by atoms with Crippen LogP contribution in [0.5, 0.6) is 0 Å². The van der Waals surface area contributed by atoms with Gasteiger partial charge in [0, 0.05) is 54.5 Å². The zero-order chi connectivity index (χ0) is 46.0. The Kier molecular flexibility index (Phi) is 17.1. The van der Waals surface area contributed by atoms with Gasteiger partial charge in [0.1, 0.15) is 0 Å². The average molecular weight is 1100 g/mol. The number of aryl methyl sites for hydroxylation is 2. The molecule has 6 aromatic rings. The largest absolute Gasteiger partial charge is 3.00 e. The van der Waals surface area contributed by atoms with Crippen LogP contribution in [-0.4, -0.2) is 31.0 Å². The Morgan fingerprint density at radius 1 is 0.613 bits per heavy atom. The number of aliphatic carboxylic acids is 1. The summed E-state index contributed by atoms with van der Waals surface area (Å²) in [6.45, 7) is 2.00. The van der Waals surface area contributed by atoms with Crippen LogP contribution in [-0.2, 0) is 43.7 Å². The molecule has 6 rings (SSSR count). The zero-order valence-corrected chi connectivity index (χ0v) is 33.9. The number of hydrogen-bond acceptors (Lipinski definition) is 5. The number of benzene rings is 2. The van der Waals surface area contributed by atoms with Crippen molar-refractivity contribution in [2.24, 2.45) is 0 Å². The third-order valence-corrected chi connectivity index (χ3v) is 7.04. The molecule has 0 bridgehead atoms. The maximum atomic E-state index is 13.3. The van der Waals surface area contributed by atoms with E-state index in [2.05, 4.69) is 32.1 Å². The summed E-state index contributed by atoms with van der Waals surface area (Å²) in [5.41, 5.74) is 1.37. The third-order valence-electron chi connectivity index (χ3n) is 7.04. The first kappa shape index (κ1) is 52.6. The van der Waals surface area contributed by atoms with Crippen LogP contribution < -0.4 is 0 Å². The summed E-state index contributed by atoms with van der Waals surface area (Å²) in [6, 6.07) is 18.8. The molecule has 4 heterocycles. The van der Waals surface area contributed by atoms with E-state index in [4.69, 9.17) is 5.11 Å². The molecule has 0 saturated heterocycles. The molecule has 24 heteroatoms. The van der Waals surface area contributed by atoms with Gasteiger partial charge in [0.2, 0.25) is 0 Å². The van der Waals surface area contributed by atoms with Crippen LogP contribution in [0.1, 0.15) is 28.7 Å². The van der Waals surface area contributed by atoms with Crippen LogP contribution in [0.15, 0.2) is 97.6 Å². The third kappa shape index (κ3) is 19.5. The summed E-state index contributed by atoms with van der Waals surface area (Å²) < 4.78 is 185. The minimum absolute atomic E-state index is 0. The van der Waals surface area contributed by atoms with Gasteiger partial charge in [-0.25, -0.2) is 0 Å². The van der Waals surface area contributed by atoms with Crippen molar-refractivity contribution in [2.45, 2.75) is 32.1 Å². The van der Waals surface area contributed by atoms with Crippen LogP contribution in [0.25, 0.3) is 33.9 Å². The molecule has 0 unspecified atom stereocenters. The second kappa shape index (κ2) is 20.1. The standard InChI is InChI=1S/C14H14N2O2.2C12H5F5N.F6P.Ir/c1-10-4-6-15-12(8-10)13-9-11(5-7-16-13)2-3-14(17)18;2*13-8-2-3-9(10(14)5-8)11-4-1-7(6-18-11)12(15,16)17;1-7(2,3,4,5)6;/h4-9H,2-3H2,1H3,(H,17,18);2*1-2,4-6H;;/q;3*-1;+3. The van der Waals surface area contributed by atoms with E-state index in [1.807, 2.05) is 31.2 Å². The molecule has 0 amide bonds. The van der Waals surface area contributed by atoms with Gasteiger partial charge in [0.05, 0.1) is 22.5 Å². The summed E-state index contributed by atoms with van der Waals surface area (Å²) >= 11 is 0. The molecule has 0 aliphatic carbocycles. The molecule has 0 atom stereocenters. The van der Waals surface area contributed by atoms with Gasteiger partial charge < -0.3 is 15.1 Å². The summed E-state index contributed by atoms with van der Waals surface area (Å²) in [4.78, 5) is 26.1. The molecule has 0 aliphatic rings. The van der Waals surface area contributed by atoms with Crippen molar-refractivity contribution in [1.29, 1.82) is 0 Å². The topological polar surface area (TPSA) is 88.9 Å².